The summed E-state index contributed by atoms with van der Waals surface area (Å²) in [4.78, 5) is 4.21. The van der Waals surface area contributed by atoms with E-state index in [-0.39, 0.29) is 0 Å². The predicted molar refractivity (Wildman–Crippen MR) is 66.1 cm³/mol. The molecular weight excluding hydrogens is 277 g/mol. The van der Waals surface area contributed by atoms with Gasteiger partial charge in [-0.25, -0.2) is 4.98 Å². The van der Waals surface area contributed by atoms with Crippen LogP contribution in [-0.4, -0.2) is 17.6 Å². The van der Waals surface area contributed by atoms with Gasteiger partial charge in [-0.1, -0.05) is 11.6 Å². The van der Waals surface area contributed by atoms with Crippen molar-refractivity contribution in [3.8, 4) is 0 Å². The van der Waals surface area contributed by atoms with E-state index in [1.165, 1.54) is 0 Å². The van der Waals surface area contributed by atoms with Crippen LogP contribution >= 0.6 is 27.5 Å². The van der Waals surface area contributed by atoms with Gasteiger partial charge in [0.15, 0.2) is 0 Å². The zero-order valence-electron chi connectivity index (χ0n) is 8.21. The minimum Gasteiger partial charge on any atom is -0.369 e. The summed E-state index contributed by atoms with van der Waals surface area (Å²) >= 11 is 9.22. The number of hydrogen-bond donors (Lipinski definition) is 2. The first-order valence-corrected chi connectivity index (χ1v) is 6.12. The lowest BCUT2D eigenvalue weighted by Gasteiger charge is -2.32. The second-order valence-corrected chi connectivity index (χ2v) is 5.25. The number of aromatic nitrogens is 1. The summed E-state index contributed by atoms with van der Waals surface area (Å²) in [6.07, 6.45) is 3.86. The highest BCUT2D eigenvalue weighted by molar-refractivity contribution is 9.10. The summed E-state index contributed by atoms with van der Waals surface area (Å²) in [6, 6.07) is 2.24. The Bertz CT molecular complexity index is 353. The molecule has 0 aromatic carbocycles. The molecule has 1 saturated carbocycles. The molecule has 0 atom stereocenters. The van der Waals surface area contributed by atoms with Crippen LogP contribution in [0.3, 0.4) is 0 Å². The third-order valence-corrected chi connectivity index (χ3v) is 3.45. The van der Waals surface area contributed by atoms with Gasteiger partial charge in [0, 0.05) is 18.8 Å². The smallest absolute Gasteiger partial charge is 0.140 e. The second-order valence-electron chi connectivity index (χ2n) is 3.96. The summed E-state index contributed by atoms with van der Waals surface area (Å²) in [5, 5.41) is 3.93. The molecular formula is C10H13BrClN3. The zero-order chi connectivity index (χ0) is 10.8. The van der Waals surface area contributed by atoms with Gasteiger partial charge in [-0.05, 0) is 40.8 Å². The van der Waals surface area contributed by atoms with E-state index < -0.39 is 0 Å². The first-order chi connectivity index (χ1) is 7.15. The Morgan fingerprint density at radius 3 is 2.93 bits per heavy atom. The molecule has 0 unspecified atom stereocenters. The molecule has 3 nitrogen and oxygen atoms in total. The summed E-state index contributed by atoms with van der Waals surface area (Å²) < 4.78 is 0.902. The van der Waals surface area contributed by atoms with E-state index in [1.807, 2.05) is 6.07 Å². The standard InChI is InChI=1S/C10H13BrClN3/c11-9-3-7(12)5-15-10(9)14-4-6-1-8(13)2-6/h3,5-6,8H,1-2,4,13H2,(H,14,15). The van der Waals surface area contributed by atoms with Crippen molar-refractivity contribution >= 4 is 33.3 Å². The van der Waals surface area contributed by atoms with E-state index in [2.05, 4.69) is 26.2 Å². The first kappa shape index (κ1) is 11.2. The van der Waals surface area contributed by atoms with Crippen LogP contribution in [0.5, 0.6) is 0 Å². The summed E-state index contributed by atoms with van der Waals surface area (Å²) in [6.45, 7) is 0.931. The number of nitrogens with one attached hydrogen (secondary N) is 1. The molecule has 3 N–H and O–H groups in total. The van der Waals surface area contributed by atoms with Crippen LogP contribution in [0.2, 0.25) is 5.02 Å². The van der Waals surface area contributed by atoms with Gasteiger partial charge < -0.3 is 11.1 Å². The van der Waals surface area contributed by atoms with E-state index in [9.17, 15) is 0 Å². The Labute approximate surface area is 103 Å². The molecule has 2 rings (SSSR count). The fourth-order valence-electron chi connectivity index (χ4n) is 1.74. The minimum atomic E-state index is 0.401. The molecule has 1 heterocycles. The fraction of sp³-hybridized carbons (Fsp3) is 0.500. The van der Waals surface area contributed by atoms with Crippen molar-refractivity contribution in [1.82, 2.24) is 4.98 Å². The number of anilines is 1. The normalized spacial score (nSPS) is 24.7. The molecule has 1 aromatic heterocycles. The zero-order valence-corrected chi connectivity index (χ0v) is 10.6. The average Bonchev–Trinajstić information content (AvgIpc) is 2.13. The van der Waals surface area contributed by atoms with E-state index >= 15 is 0 Å². The van der Waals surface area contributed by atoms with Gasteiger partial charge in [-0.3, -0.25) is 0 Å². The molecule has 1 aliphatic carbocycles. The molecule has 0 saturated heterocycles. The average molecular weight is 291 g/mol. The minimum absolute atomic E-state index is 0.401. The summed E-state index contributed by atoms with van der Waals surface area (Å²) in [7, 11) is 0. The van der Waals surface area contributed by atoms with Gasteiger partial charge >= 0.3 is 0 Å². The van der Waals surface area contributed by atoms with E-state index in [0.717, 1.165) is 29.7 Å². The molecule has 0 aliphatic heterocycles. The van der Waals surface area contributed by atoms with Gasteiger partial charge in [0.25, 0.3) is 0 Å². The van der Waals surface area contributed by atoms with Crippen molar-refractivity contribution in [2.45, 2.75) is 18.9 Å². The molecule has 1 aliphatic rings. The van der Waals surface area contributed by atoms with Gasteiger partial charge in [0.05, 0.1) is 9.50 Å². The Morgan fingerprint density at radius 1 is 1.60 bits per heavy atom. The SMILES string of the molecule is NC1CC(CNc2ncc(Cl)cc2Br)C1. The van der Waals surface area contributed by atoms with Crippen molar-refractivity contribution < 1.29 is 0 Å². The molecule has 0 radical (unpaired) electrons. The lowest BCUT2D eigenvalue weighted by Crippen LogP contribution is -2.39. The second kappa shape index (κ2) is 4.68. The third-order valence-electron chi connectivity index (χ3n) is 2.64. The third kappa shape index (κ3) is 2.83. The number of pyridine rings is 1. The van der Waals surface area contributed by atoms with Crippen LogP contribution in [0.15, 0.2) is 16.7 Å². The Balaban J connectivity index is 1.88. The Kier molecular flexibility index (Phi) is 3.49. The van der Waals surface area contributed by atoms with E-state index in [4.69, 9.17) is 17.3 Å². The number of rotatable bonds is 3. The van der Waals surface area contributed by atoms with Gasteiger partial charge in [-0.2, -0.15) is 0 Å². The quantitative estimate of drug-likeness (QED) is 0.900. The predicted octanol–water partition coefficient (Wildman–Crippen LogP) is 2.65. The number of nitrogens with zero attached hydrogens (tertiary/aromatic N) is 1. The Morgan fingerprint density at radius 2 is 2.33 bits per heavy atom. The molecule has 0 spiro atoms. The van der Waals surface area contributed by atoms with Crippen molar-refractivity contribution in [3.05, 3.63) is 21.8 Å². The maximum absolute atomic E-state index is 5.80. The molecule has 0 amide bonds. The van der Waals surface area contributed by atoms with Crippen LogP contribution in [0, 0.1) is 5.92 Å². The van der Waals surface area contributed by atoms with E-state index in [1.54, 1.807) is 6.20 Å². The van der Waals surface area contributed by atoms with Crippen molar-refractivity contribution in [3.63, 3.8) is 0 Å². The van der Waals surface area contributed by atoms with Crippen LogP contribution < -0.4 is 11.1 Å². The fourth-order valence-corrected chi connectivity index (χ4v) is 2.52. The first-order valence-electron chi connectivity index (χ1n) is 4.95. The highest BCUT2D eigenvalue weighted by Gasteiger charge is 2.25. The molecule has 5 heteroatoms. The van der Waals surface area contributed by atoms with Crippen molar-refractivity contribution in [2.24, 2.45) is 11.7 Å². The maximum Gasteiger partial charge on any atom is 0.140 e. The van der Waals surface area contributed by atoms with Gasteiger partial charge in [0.2, 0.25) is 0 Å². The summed E-state index contributed by atoms with van der Waals surface area (Å²) in [5.41, 5.74) is 5.72. The highest BCUT2D eigenvalue weighted by atomic mass is 79.9. The van der Waals surface area contributed by atoms with Crippen molar-refractivity contribution in [2.75, 3.05) is 11.9 Å². The topological polar surface area (TPSA) is 50.9 Å². The highest BCUT2D eigenvalue weighted by Crippen LogP contribution is 2.27. The van der Waals surface area contributed by atoms with Crippen LogP contribution in [0.1, 0.15) is 12.8 Å². The number of halogens is 2. The molecule has 82 valence electrons. The molecule has 0 bridgehead atoms. The largest absolute Gasteiger partial charge is 0.369 e. The monoisotopic (exact) mass is 289 g/mol. The Hall–Kier alpha value is -0.320. The van der Waals surface area contributed by atoms with Crippen LogP contribution in [0.25, 0.3) is 0 Å². The molecule has 15 heavy (non-hydrogen) atoms. The molecule has 1 fully saturated rings. The van der Waals surface area contributed by atoms with Crippen molar-refractivity contribution in [1.29, 1.82) is 0 Å². The molecule has 1 aromatic rings. The number of nitrogens with two attached hydrogens (primary N) is 1. The lowest BCUT2D eigenvalue weighted by molar-refractivity contribution is 0.280. The number of hydrogen-bond acceptors (Lipinski definition) is 3. The maximum atomic E-state index is 5.80. The van der Waals surface area contributed by atoms with Crippen LogP contribution in [-0.2, 0) is 0 Å². The van der Waals surface area contributed by atoms with Gasteiger partial charge in [-0.15, -0.1) is 0 Å². The summed E-state index contributed by atoms with van der Waals surface area (Å²) in [5.74, 6) is 1.53. The van der Waals surface area contributed by atoms with E-state index in [0.29, 0.717) is 17.0 Å². The lowest BCUT2D eigenvalue weighted by atomic mass is 9.81. The van der Waals surface area contributed by atoms with Crippen LogP contribution in [0.4, 0.5) is 5.82 Å². The van der Waals surface area contributed by atoms with Gasteiger partial charge in [0.1, 0.15) is 5.82 Å².